The van der Waals surface area contributed by atoms with E-state index in [1.165, 1.54) is 13.3 Å². The second kappa shape index (κ2) is 11.3. The number of halogens is 1. The summed E-state index contributed by atoms with van der Waals surface area (Å²) in [4.78, 5) is 53.8. The van der Waals surface area contributed by atoms with Crippen LogP contribution in [0.15, 0.2) is 20.3 Å². The first kappa shape index (κ1) is 28.8. The molecule has 0 saturated carbocycles. The molecule has 3 heterocycles. The number of hydrogen-bond acceptors (Lipinski definition) is 10. The largest absolute Gasteiger partial charge is 0.469 e. The Balaban J connectivity index is 1.58. The number of methoxy groups -OCH3 is 1. The van der Waals surface area contributed by atoms with Crippen molar-refractivity contribution in [2.45, 2.75) is 50.1 Å². The van der Waals surface area contributed by atoms with Crippen LogP contribution in [0.25, 0.3) is 0 Å². The predicted molar refractivity (Wildman–Crippen MR) is 121 cm³/mol. The number of phosphoric acid groups is 1. The third-order valence-corrected chi connectivity index (χ3v) is 8.21. The number of hydrogen-bond donors (Lipinski definition) is 5. The Morgan fingerprint density at radius 1 is 1.14 bits per heavy atom. The second-order valence-electron chi connectivity index (χ2n) is 8.25. The fraction of sp³-hybridized carbons (Fsp3) is 0.765. The molecule has 0 radical (unpaired) electrons. The first-order valence-electron chi connectivity index (χ1n) is 10.4. The highest BCUT2D eigenvalue weighted by atomic mass is 79.9. The van der Waals surface area contributed by atoms with Crippen LogP contribution < -0.4 is 11.2 Å². The van der Waals surface area contributed by atoms with E-state index in [1.54, 1.807) is 6.92 Å². The van der Waals surface area contributed by atoms with E-state index in [9.17, 15) is 28.7 Å². The Bertz CT molecular complexity index is 1110. The van der Waals surface area contributed by atoms with E-state index in [0.717, 1.165) is 4.57 Å². The summed E-state index contributed by atoms with van der Waals surface area (Å²) in [6.45, 7) is 0.735. The van der Waals surface area contributed by atoms with E-state index < -0.39 is 88.7 Å². The van der Waals surface area contributed by atoms with Crippen molar-refractivity contribution in [3.63, 3.8) is 0 Å². The lowest BCUT2D eigenvalue weighted by Crippen LogP contribution is -2.32. The monoisotopic (exact) mass is 608 g/mol. The molecule has 8 atom stereocenters. The third kappa shape index (κ3) is 7.40. The van der Waals surface area contributed by atoms with Crippen molar-refractivity contribution in [3.05, 3.63) is 31.5 Å². The maximum Gasteiger partial charge on any atom is 0.469 e. The number of aromatic amines is 1. The molecule has 0 aromatic carbocycles. The fourth-order valence-electron chi connectivity index (χ4n) is 4.04. The molecule has 0 aliphatic carbocycles. The minimum Gasteiger partial charge on any atom is -0.390 e. The van der Waals surface area contributed by atoms with Gasteiger partial charge < -0.3 is 38.5 Å². The van der Waals surface area contributed by atoms with Crippen LogP contribution in [0.5, 0.6) is 0 Å². The lowest BCUT2D eigenvalue weighted by Gasteiger charge is -2.22. The zero-order valence-corrected chi connectivity index (χ0v) is 22.0. The van der Waals surface area contributed by atoms with Gasteiger partial charge in [-0.05, 0) is 15.9 Å². The number of phosphoric ester groups is 1. The summed E-state index contributed by atoms with van der Waals surface area (Å²) in [5, 5.41) is 10.3. The van der Waals surface area contributed by atoms with Gasteiger partial charge in [-0.15, -0.1) is 0 Å². The fourth-order valence-corrected chi connectivity index (χ4v) is 6.06. The van der Waals surface area contributed by atoms with Crippen LogP contribution in [0.4, 0.5) is 0 Å². The second-order valence-corrected chi connectivity index (χ2v) is 12.2. The van der Waals surface area contributed by atoms with Crippen LogP contribution in [0, 0.1) is 5.92 Å². The van der Waals surface area contributed by atoms with Crippen LogP contribution >= 0.6 is 31.3 Å². The van der Waals surface area contributed by atoms with E-state index in [2.05, 4.69) is 25.4 Å². The first-order chi connectivity index (χ1) is 16.2. The van der Waals surface area contributed by atoms with Crippen molar-refractivity contribution in [1.82, 2.24) is 9.55 Å². The molecule has 18 heteroatoms. The zero-order valence-electron chi connectivity index (χ0n) is 18.6. The zero-order chi connectivity index (χ0) is 26.1. The molecule has 0 spiro atoms. The number of aromatic nitrogens is 2. The summed E-state index contributed by atoms with van der Waals surface area (Å²) in [7, 11) is -7.65. The van der Waals surface area contributed by atoms with Crippen molar-refractivity contribution in [2.75, 3.05) is 26.5 Å². The van der Waals surface area contributed by atoms with Crippen molar-refractivity contribution >= 4 is 31.3 Å². The topological polar surface area (TPSA) is 216 Å². The summed E-state index contributed by atoms with van der Waals surface area (Å²) >= 11 is 3.01. The molecule has 2 saturated heterocycles. The van der Waals surface area contributed by atoms with Gasteiger partial charge >= 0.3 is 21.1 Å². The maximum absolute atomic E-state index is 12.7. The van der Waals surface area contributed by atoms with Crippen molar-refractivity contribution in [2.24, 2.45) is 5.92 Å². The number of nitrogens with zero attached hydrogens (tertiary/aromatic N) is 1. The Hall–Kier alpha value is -0.740. The predicted octanol–water partition coefficient (Wildman–Crippen LogP) is -0.323. The maximum atomic E-state index is 12.7. The van der Waals surface area contributed by atoms with E-state index >= 15 is 0 Å². The standard InChI is InChI=1S/C17H27BrN2O13P2/c1-8-13(32-12(15(8)29-2)6-31-35(26,27)28)7-34(24,25)30-5-11-10(21)3-14(33-11)20-4-9(18)16(22)19-17(20)23/h4,8,10-15,21H,3,5-7H2,1-2H3,(H,24,25)(H,19,22,23)(H2,26,27,28). The van der Waals surface area contributed by atoms with Gasteiger partial charge in [-0.2, -0.15) is 0 Å². The number of nitrogens with one attached hydrogen (secondary N) is 1. The molecule has 1 aromatic heterocycles. The summed E-state index contributed by atoms with van der Waals surface area (Å²) in [6.07, 6.45) is -4.74. The Kier molecular flexibility index (Phi) is 9.34. The van der Waals surface area contributed by atoms with Crippen molar-refractivity contribution < 1.29 is 52.2 Å². The van der Waals surface area contributed by atoms with Crippen LogP contribution in [-0.4, -0.2) is 86.3 Å². The van der Waals surface area contributed by atoms with Gasteiger partial charge in [0.2, 0.25) is 0 Å². The normalized spacial score (nSPS) is 33.2. The summed E-state index contributed by atoms with van der Waals surface area (Å²) in [5.74, 6) is -0.433. The minimum absolute atomic E-state index is 0.0261. The van der Waals surface area contributed by atoms with Crippen LogP contribution in [0.3, 0.4) is 0 Å². The van der Waals surface area contributed by atoms with E-state index in [0.29, 0.717) is 0 Å². The molecule has 5 N–H and O–H groups in total. The molecule has 2 fully saturated rings. The SMILES string of the molecule is COC1C(COP(=O)(O)O)OC(CP(=O)(O)OCC2OC(n3cc(Br)c(=O)[nH]c3=O)CC2O)C1C. The van der Waals surface area contributed by atoms with Gasteiger partial charge in [0.25, 0.3) is 5.56 Å². The molecular formula is C17H27BrN2O13P2. The molecule has 200 valence electrons. The molecule has 35 heavy (non-hydrogen) atoms. The van der Waals surface area contributed by atoms with Gasteiger partial charge in [-0.25, -0.2) is 9.36 Å². The molecule has 1 aromatic rings. The number of rotatable bonds is 10. The lowest BCUT2D eigenvalue weighted by atomic mass is 9.99. The summed E-state index contributed by atoms with van der Waals surface area (Å²) in [5.41, 5.74) is -1.37. The smallest absolute Gasteiger partial charge is 0.390 e. The van der Waals surface area contributed by atoms with E-state index in [4.69, 9.17) is 28.5 Å². The highest BCUT2D eigenvalue weighted by molar-refractivity contribution is 9.10. The van der Waals surface area contributed by atoms with Gasteiger partial charge in [0, 0.05) is 25.6 Å². The van der Waals surface area contributed by atoms with Crippen LogP contribution in [-0.2, 0) is 32.4 Å². The van der Waals surface area contributed by atoms with Crippen molar-refractivity contribution in [1.29, 1.82) is 0 Å². The molecule has 8 unspecified atom stereocenters. The van der Waals surface area contributed by atoms with Crippen LogP contribution in [0.2, 0.25) is 0 Å². The third-order valence-electron chi connectivity index (χ3n) is 5.79. The Labute approximate surface area is 207 Å². The number of H-pyrrole nitrogens is 1. The minimum atomic E-state index is -4.74. The Morgan fingerprint density at radius 3 is 2.43 bits per heavy atom. The molecule has 2 aliphatic heterocycles. The Morgan fingerprint density at radius 2 is 1.80 bits per heavy atom. The summed E-state index contributed by atoms with van der Waals surface area (Å²) in [6, 6.07) is 0. The van der Waals surface area contributed by atoms with Gasteiger partial charge in [-0.1, -0.05) is 6.92 Å². The lowest BCUT2D eigenvalue weighted by molar-refractivity contribution is -0.0439. The average molecular weight is 609 g/mol. The number of ether oxygens (including phenoxy) is 3. The van der Waals surface area contributed by atoms with E-state index in [-0.39, 0.29) is 10.9 Å². The highest BCUT2D eigenvalue weighted by Crippen LogP contribution is 2.47. The molecule has 0 bridgehead atoms. The molecular weight excluding hydrogens is 582 g/mol. The van der Waals surface area contributed by atoms with Gasteiger partial charge in [0.1, 0.15) is 18.4 Å². The molecule has 3 rings (SSSR count). The first-order valence-corrected chi connectivity index (χ1v) is 14.5. The number of aliphatic hydroxyl groups excluding tert-OH is 1. The van der Waals surface area contributed by atoms with Crippen molar-refractivity contribution in [3.8, 4) is 0 Å². The molecule has 0 amide bonds. The van der Waals surface area contributed by atoms with Gasteiger partial charge in [0.15, 0.2) is 0 Å². The molecule has 2 aliphatic rings. The van der Waals surface area contributed by atoms with Gasteiger partial charge in [0.05, 0.1) is 42.2 Å². The van der Waals surface area contributed by atoms with E-state index in [1.807, 2.05) is 0 Å². The van der Waals surface area contributed by atoms with Crippen LogP contribution in [0.1, 0.15) is 19.6 Å². The average Bonchev–Trinajstić information content (AvgIpc) is 3.26. The van der Waals surface area contributed by atoms with Gasteiger partial charge in [-0.3, -0.25) is 23.4 Å². The quantitative estimate of drug-likeness (QED) is 0.215. The highest BCUT2D eigenvalue weighted by Gasteiger charge is 2.46. The summed E-state index contributed by atoms with van der Waals surface area (Å²) < 4.78 is 51.0. The number of aliphatic hydroxyl groups is 1. The molecule has 15 nitrogen and oxygen atoms in total.